The van der Waals surface area contributed by atoms with Gasteiger partial charge in [-0.2, -0.15) is 0 Å². The van der Waals surface area contributed by atoms with Gasteiger partial charge in [0.25, 0.3) is 0 Å². The molecular formula is C36H16F8I4N4. The zero-order chi connectivity index (χ0) is 37.7. The highest BCUT2D eigenvalue weighted by atomic mass is 127. The summed E-state index contributed by atoms with van der Waals surface area (Å²) in [6, 6.07) is 32.2. The second-order valence-electron chi connectivity index (χ2n) is 10.2. The number of aromatic nitrogens is 4. The van der Waals surface area contributed by atoms with E-state index in [1.807, 2.05) is 72.8 Å². The molecule has 0 bridgehead atoms. The van der Waals surface area contributed by atoms with Gasteiger partial charge in [-0.15, -0.1) is 20.4 Å². The van der Waals surface area contributed by atoms with Crippen LogP contribution in [0.5, 0.6) is 0 Å². The molecule has 2 heterocycles. The van der Waals surface area contributed by atoms with Crippen molar-refractivity contribution in [1.29, 1.82) is 0 Å². The monoisotopic (exact) mass is 1160 g/mol. The third-order valence-corrected chi connectivity index (χ3v) is 10.8. The van der Waals surface area contributed by atoms with Gasteiger partial charge in [0.2, 0.25) is 0 Å². The number of halogens is 12. The summed E-state index contributed by atoms with van der Waals surface area (Å²) >= 11 is 4.81. The van der Waals surface area contributed by atoms with E-state index < -0.39 is 60.8 Å². The maximum absolute atomic E-state index is 12.6. The molecule has 16 heteroatoms. The molecule has 0 unspecified atom stereocenters. The Morgan fingerprint density at radius 1 is 0.269 bits per heavy atom. The van der Waals surface area contributed by atoms with Crippen molar-refractivity contribution in [2.24, 2.45) is 0 Å². The first-order chi connectivity index (χ1) is 24.8. The average Bonchev–Trinajstić information content (AvgIpc) is 3.20. The molecule has 0 N–H and O–H groups in total. The molecule has 0 aliphatic carbocycles. The molecule has 8 aromatic rings. The van der Waals surface area contributed by atoms with Crippen LogP contribution in [0.2, 0.25) is 0 Å². The highest BCUT2D eigenvalue weighted by molar-refractivity contribution is 14.1. The quantitative estimate of drug-likeness (QED) is 0.0499. The van der Waals surface area contributed by atoms with Crippen LogP contribution in [0.25, 0.3) is 43.6 Å². The summed E-state index contributed by atoms with van der Waals surface area (Å²) in [7, 11) is 0. The van der Waals surface area contributed by atoms with Crippen LogP contribution < -0.4 is 0 Å². The van der Waals surface area contributed by atoms with Crippen molar-refractivity contribution >= 4 is 134 Å². The molecule has 2 aromatic heterocycles. The Kier molecular flexibility index (Phi) is 13.7. The molecule has 6 aromatic carbocycles. The molecule has 0 saturated heterocycles. The summed E-state index contributed by atoms with van der Waals surface area (Å²) in [4.78, 5) is 0. The van der Waals surface area contributed by atoms with Crippen molar-refractivity contribution in [3.63, 3.8) is 0 Å². The fourth-order valence-corrected chi connectivity index (χ4v) is 6.42. The average molecular weight is 1160 g/mol. The molecule has 0 spiro atoms. The number of hydrogen-bond acceptors (Lipinski definition) is 4. The van der Waals surface area contributed by atoms with E-state index in [0.717, 1.165) is 43.6 Å². The fraction of sp³-hybridized carbons (Fsp3) is 0. The second kappa shape index (κ2) is 17.8. The predicted octanol–water partition coefficient (Wildman–Crippen LogP) is 12.5. The Morgan fingerprint density at radius 3 is 0.596 bits per heavy atom. The van der Waals surface area contributed by atoms with Gasteiger partial charge in [-0.1, -0.05) is 72.8 Å². The summed E-state index contributed by atoms with van der Waals surface area (Å²) in [6.07, 6.45) is 0. The Bertz CT molecular complexity index is 2100. The third kappa shape index (κ3) is 8.64. The minimum atomic E-state index is -1.35. The van der Waals surface area contributed by atoms with Crippen LogP contribution >= 0.6 is 90.4 Å². The SMILES string of the molecule is Fc1c(F)c(I)c(F)c(F)c1I.Fc1c(F)c(I)c(F)c(F)c1I.c1ccc2c(c1)nnc1ccccc12.c1ccc2c(c1)nnc1ccccc12. The van der Waals surface area contributed by atoms with E-state index in [0.29, 0.717) is 0 Å². The van der Waals surface area contributed by atoms with Gasteiger partial charge >= 0.3 is 0 Å². The Morgan fingerprint density at radius 2 is 0.423 bits per heavy atom. The van der Waals surface area contributed by atoms with Crippen molar-refractivity contribution in [1.82, 2.24) is 20.4 Å². The zero-order valence-electron chi connectivity index (χ0n) is 25.6. The molecule has 0 aliphatic rings. The van der Waals surface area contributed by atoms with Crippen LogP contribution in [0.1, 0.15) is 0 Å². The standard InChI is InChI=1S/2C12H8N2.2C6F4I2/c2*1-3-7-11-9(5-1)10-6-2-4-8-12(10)14-13-11;2*7-1-2(8)6(12)4(10)3(9)5(1)11/h2*1-8H;;. The van der Waals surface area contributed by atoms with Crippen LogP contribution in [0.15, 0.2) is 97.1 Å². The van der Waals surface area contributed by atoms with Crippen LogP contribution in [0.4, 0.5) is 35.1 Å². The number of fused-ring (bicyclic) bond motifs is 6. The maximum atomic E-state index is 12.6. The van der Waals surface area contributed by atoms with Crippen molar-refractivity contribution in [3.05, 3.63) is 158 Å². The van der Waals surface area contributed by atoms with Crippen LogP contribution in [-0.2, 0) is 0 Å². The molecule has 0 amide bonds. The molecule has 0 fully saturated rings. The summed E-state index contributed by atoms with van der Waals surface area (Å²) in [5, 5.41) is 21.3. The van der Waals surface area contributed by atoms with Crippen LogP contribution in [0.3, 0.4) is 0 Å². The largest absolute Gasteiger partial charge is 0.202 e. The van der Waals surface area contributed by atoms with E-state index in [-0.39, 0.29) is 0 Å². The topological polar surface area (TPSA) is 51.6 Å². The molecule has 264 valence electrons. The van der Waals surface area contributed by atoms with Crippen LogP contribution in [0, 0.1) is 60.8 Å². The summed E-state index contributed by atoms with van der Waals surface area (Å²) in [5.41, 5.74) is 3.80. The first kappa shape index (κ1) is 40.1. The van der Waals surface area contributed by atoms with Crippen molar-refractivity contribution in [2.75, 3.05) is 0 Å². The molecule has 0 radical (unpaired) electrons. The van der Waals surface area contributed by atoms with Gasteiger partial charge < -0.3 is 0 Å². The predicted molar refractivity (Wildman–Crippen MR) is 218 cm³/mol. The van der Waals surface area contributed by atoms with E-state index in [2.05, 4.69) is 44.7 Å². The van der Waals surface area contributed by atoms with Gasteiger partial charge in [0.15, 0.2) is 46.5 Å². The van der Waals surface area contributed by atoms with E-state index >= 15 is 0 Å². The number of hydrogen-bond donors (Lipinski definition) is 0. The van der Waals surface area contributed by atoms with Gasteiger partial charge in [-0.25, -0.2) is 35.1 Å². The van der Waals surface area contributed by atoms with Crippen molar-refractivity contribution < 1.29 is 35.1 Å². The second-order valence-corrected chi connectivity index (χ2v) is 14.6. The molecule has 52 heavy (non-hydrogen) atoms. The van der Waals surface area contributed by atoms with E-state index in [4.69, 9.17) is 0 Å². The summed E-state index contributed by atoms with van der Waals surface area (Å²) in [5.74, 6) is -10.8. The van der Waals surface area contributed by atoms with Gasteiger partial charge in [-0.05, 0) is 115 Å². The van der Waals surface area contributed by atoms with Gasteiger partial charge in [0, 0.05) is 21.5 Å². The minimum Gasteiger partial charge on any atom is -0.202 e. The van der Waals surface area contributed by atoms with Gasteiger partial charge in [0.05, 0.1) is 36.3 Å². The zero-order valence-corrected chi connectivity index (χ0v) is 34.2. The first-order valence-electron chi connectivity index (χ1n) is 14.4. The molecule has 0 atom stereocenters. The lowest BCUT2D eigenvalue weighted by molar-refractivity contribution is 0.437. The van der Waals surface area contributed by atoms with E-state index in [1.54, 1.807) is 0 Å². The van der Waals surface area contributed by atoms with Crippen molar-refractivity contribution in [2.45, 2.75) is 0 Å². The Labute approximate surface area is 344 Å². The lowest BCUT2D eigenvalue weighted by atomic mass is 10.1. The van der Waals surface area contributed by atoms with E-state index in [9.17, 15) is 35.1 Å². The van der Waals surface area contributed by atoms with Gasteiger partial charge in [-0.3, -0.25) is 0 Å². The smallest absolute Gasteiger partial charge is 0.176 e. The third-order valence-electron chi connectivity index (χ3n) is 7.04. The summed E-state index contributed by atoms with van der Waals surface area (Å²) < 4.78 is 98.5. The van der Waals surface area contributed by atoms with Crippen LogP contribution in [-0.4, -0.2) is 20.4 Å². The number of nitrogens with zero attached hydrogens (tertiary/aromatic N) is 4. The summed E-state index contributed by atoms with van der Waals surface area (Å²) in [6.45, 7) is 0. The fourth-order valence-electron chi connectivity index (χ4n) is 4.53. The Balaban J connectivity index is 0.000000135. The minimum absolute atomic E-state index is 0.664. The lowest BCUT2D eigenvalue weighted by Gasteiger charge is -2.02. The molecular weight excluding hydrogens is 1150 g/mol. The lowest BCUT2D eigenvalue weighted by Crippen LogP contribution is -2.02. The molecule has 8 rings (SSSR count). The molecule has 4 nitrogen and oxygen atoms in total. The Hall–Kier alpha value is -3.12. The normalized spacial score (nSPS) is 10.7. The van der Waals surface area contributed by atoms with Crippen molar-refractivity contribution in [3.8, 4) is 0 Å². The first-order valence-corrected chi connectivity index (χ1v) is 18.7. The van der Waals surface area contributed by atoms with Gasteiger partial charge in [0.1, 0.15) is 0 Å². The number of benzene rings is 6. The van der Waals surface area contributed by atoms with E-state index in [1.165, 1.54) is 90.4 Å². The molecule has 0 saturated carbocycles. The highest BCUT2D eigenvalue weighted by Gasteiger charge is 2.23. The maximum Gasteiger partial charge on any atom is 0.176 e. The number of rotatable bonds is 0. The highest BCUT2D eigenvalue weighted by Crippen LogP contribution is 2.27. The molecule has 0 aliphatic heterocycles.